The van der Waals surface area contributed by atoms with E-state index in [9.17, 15) is 0 Å². The lowest BCUT2D eigenvalue weighted by Crippen LogP contribution is -2.12. The van der Waals surface area contributed by atoms with Crippen molar-refractivity contribution in [1.29, 1.82) is 0 Å². The van der Waals surface area contributed by atoms with E-state index < -0.39 is 0 Å². The van der Waals surface area contributed by atoms with Crippen molar-refractivity contribution in [2.75, 3.05) is 6.54 Å². The first-order chi connectivity index (χ1) is 9.19. The summed E-state index contributed by atoms with van der Waals surface area (Å²) in [5.41, 5.74) is 1.15. The minimum Gasteiger partial charge on any atom is -0.484 e. The Hall–Kier alpha value is -1.40. The maximum atomic E-state index is 5.64. The molecule has 2 aromatic rings. The highest BCUT2D eigenvalue weighted by atomic mass is 79.9. The fourth-order valence-electron chi connectivity index (χ4n) is 1.58. The predicted molar refractivity (Wildman–Crippen MR) is 74.9 cm³/mol. The quantitative estimate of drug-likeness (QED) is 0.884. The van der Waals surface area contributed by atoms with Crippen LogP contribution in [0.4, 0.5) is 0 Å². The summed E-state index contributed by atoms with van der Waals surface area (Å²) in [4.78, 5) is 4.09. The van der Waals surface area contributed by atoms with Crippen LogP contribution in [0.2, 0.25) is 0 Å². The van der Waals surface area contributed by atoms with Gasteiger partial charge in [-0.25, -0.2) is 0 Å². The molecule has 0 atom stereocenters. The summed E-state index contributed by atoms with van der Waals surface area (Å²) in [5, 5.41) is 7.00. The Bertz CT molecular complexity index is 542. The summed E-state index contributed by atoms with van der Waals surface area (Å²) in [6.45, 7) is 5.86. The van der Waals surface area contributed by atoms with Gasteiger partial charge in [-0.3, -0.25) is 0 Å². The van der Waals surface area contributed by atoms with Crippen molar-refractivity contribution < 1.29 is 9.26 Å². The van der Waals surface area contributed by atoms with E-state index in [-0.39, 0.29) is 6.61 Å². The molecule has 0 saturated carbocycles. The number of benzene rings is 1. The van der Waals surface area contributed by atoms with Crippen molar-refractivity contribution >= 4 is 15.9 Å². The molecule has 0 aliphatic carbocycles. The van der Waals surface area contributed by atoms with Gasteiger partial charge in [0.05, 0.1) is 0 Å². The molecule has 1 heterocycles. The summed E-state index contributed by atoms with van der Waals surface area (Å²) in [5.74, 6) is 1.88. The van der Waals surface area contributed by atoms with Crippen molar-refractivity contribution in [2.24, 2.45) is 0 Å². The SMILES string of the molecule is CCNCc1cc(OCc2nc(C)no2)ccc1Br. The lowest BCUT2D eigenvalue weighted by molar-refractivity contribution is 0.242. The van der Waals surface area contributed by atoms with Gasteiger partial charge in [-0.15, -0.1) is 0 Å². The van der Waals surface area contributed by atoms with Gasteiger partial charge in [-0.1, -0.05) is 28.0 Å². The molecule has 2 rings (SSSR count). The number of rotatable bonds is 6. The molecule has 1 aromatic heterocycles. The van der Waals surface area contributed by atoms with Gasteiger partial charge in [0.1, 0.15) is 5.75 Å². The molecule has 0 aliphatic heterocycles. The first kappa shape index (κ1) is 14.0. The molecule has 0 amide bonds. The third-order valence-electron chi connectivity index (χ3n) is 2.51. The predicted octanol–water partition coefficient (Wildman–Crippen LogP) is 2.83. The van der Waals surface area contributed by atoms with Crippen LogP contribution in [0.5, 0.6) is 5.75 Å². The van der Waals surface area contributed by atoms with Crippen molar-refractivity contribution in [1.82, 2.24) is 15.5 Å². The molecule has 0 radical (unpaired) electrons. The number of nitrogens with one attached hydrogen (secondary N) is 1. The smallest absolute Gasteiger partial charge is 0.264 e. The molecule has 1 aromatic carbocycles. The first-order valence-corrected chi connectivity index (χ1v) is 6.89. The highest BCUT2D eigenvalue weighted by Crippen LogP contribution is 2.23. The van der Waals surface area contributed by atoms with Gasteiger partial charge >= 0.3 is 0 Å². The van der Waals surface area contributed by atoms with E-state index in [4.69, 9.17) is 9.26 Å². The molecule has 0 unspecified atom stereocenters. The van der Waals surface area contributed by atoms with Crippen LogP contribution in [-0.4, -0.2) is 16.7 Å². The van der Waals surface area contributed by atoms with Crippen LogP contribution in [0.1, 0.15) is 24.2 Å². The average molecular weight is 326 g/mol. The Morgan fingerprint density at radius 2 is 2.26 bits per heavy atom. The topological polar surface area (TPSA) is 60.2 Å². The standard InChI is InChI=1S/C13H16BrN3O2/c1-3-15-7-10-6-11(4-5-12(10)14)18-8-13-16-9(2)17-19-13/h4-6,15H,3,7-8H2,1-2H3. The fourth-order valence-corrected chi connectivity index (χ4v) is 1.97. The molecule has 102 valence electrons. The Labute approximate surface area is 120 Å². The van der Waals surface area contributed by atoms with Gasteiger partial charge in [0.15, 0.2) is 12.4 Å². The van der Waals surface area contributed by atoms with Crippen LogP contribution >= 0.6 is 15.9 Å². The molecule has 0 fully saturated rings. The molecule has 6 heteroatoms. The Kier molecular flexibility index (Phi) is 4.93. The average Bonchev–Trinajstić information content (AvgIpc) is 2.82. The van der Waals surface area contributed by atoms with E-state index in [1.54, 1.807) is 6.92 Å². The van der Waals surface area contributed by atoms with Gasteiger partial charge in [0, 0.05) is 11.0 Å². The molecule has 19 heavy (non-hydrogen) atoms. The lowest BCUT2D eigenvalue weighted by Gasteiger charge is -2.08. The fraction of sp³-hybridized carbons (Fsp3) is 0.385. The maximum Gasteiger partial charge on any atom is 0.264 e. The van der Waals surface area contributed by atoms with Crippen molar-refractivity contribution in [3.05, 3.63) is 40.0 Å². The van der Waals surface area contributed by atoms with E-state index in [1.165, 1.54) is 0 Å². The molecule has 0 saturated heterocycles. The van der Waals surface area contributed by atoms with Crippen LogP contribution in [0.3, 0.4) is 0 Å². The van der Waals surface area contributed by atoms with E-state index in [2.05, 4.69) is 38.3 Å². The zero-order valence-electron chi connectivity index (χ0n) is 10.9. The molecule has 1 N–H and O–H groups in total. The Morgan fingerprint density at radius 1 is 1.42 bits per heavy atom. The molecule has 0 bridgehead atoms. The monoisotopic (exact) mass is 325 g/mol. The van der Waals surface area contributed by atoms with Crippen molar-refractivity contribution in [3.63, 3.8) is 0 Å². The van der Waals surface area contributed by atoms with Gasteiger partial charge in [-0.2, -0.15) is 4.98 Å². The second-order valence-electron chi connectivity index (χ2n) is 4.06. The summed E-state index contributed by atoms with van der Waals surface area (Å²) in [6.07, 6.45) is 0. The van der Waals surface area contributed by atoms with Crippen molar-refractivity contribution in [2.45, 2.75) is 27.0 Å². The van der Waals surface area contributed by atoms with Crippen LogP contribution in [0, 0.1) is 6.92 Å². The lowest BCUT2D eigenvalue weighted by atomic mass is 10.2. The van der Waals surface area contributed by atoms with E-state index in [0.717, 1.165) is 28.9 Å². The van der Waals surface area contributed by atoms with E-state index in [1.807, 2.05) is 18.2 Å². The molecule has 0 spiro atoms. The van der Waals surface area contributed by atoms with Crippen molar-refractivity contribution in [3.8, 4) is 5.75 Å². The molecule has 5 nitrogen and oxygen atoms in total. The number of hydrogen-bond donors (Lipinski definition) is 1. The van der Waals surface area contributed by atoms with Gasteiger partial charge in [0.2, 0.25) is 0 Å². The van der Waals surface area contributed by atoms with E-state index in [0.29, 0.717) is 11.7 Å². The third kappa shape index (κ3) is 4.04. The van der Waals surface area contributed by atoms with Gasteiger partial charge in [0.25, 0.3) is 5.89 Å². The number of nitrogens with zero attached hydrogens (tertiary/aromatic N) is 2. The minimum atomic E-state index is 0.281. The molecule has 0 aliphatic rings. The molecular formula is C13H16BrN3O2. The number of aromatic nitrogens is 2. The summed E-state index contributed by atoms with van der Waals surface area (Å²) < 4.78 is 11.7. The summed E-state index contributed by atoms with van der Waals surface area (Å²) >= 11 is 3.52. The summed E-state index contributed by atoms with van der Waals surface area (Å²) in [7, 11) is 0. The van der Waals surface area contributed by atoms with Gasteiger partial charge in [-0.05, 0) is 37.2 Å². The van der Waals surface area contributed by atoms with Crippen LogP contribution in [0.25, 0.3) is 0 Å². The molecular weight excluding hydrogens is 310 g/mol. The Balaban J connectivity index is 2.00. The minimum absolute atomic E-state index is 0.281. The zero-order valence-corrected chi connectivity index (χ0v) is 12.5. The Morgan fingerprint density at radius 3 is 2.95 bits per heavy atom. The second kappa shape index (κ2) is 6.68. The van der Waals surface area contributed by atoms with Crippen LogP contribution in [-0.2, 0) is 13.2 Å². The second-order valence-corrected chi connectivity index (χ2v) is 4.91. The maximum absolute atomic E-state index is 5.64. The number of halogens is 1. The number of ether oxygens (including phenoxy) is 1. The van der Waals surface area contributed by atoms with E-state index >= 15 is 0 Å². The normalized spacial score (nSPS) is 10.7. The number of hydrogen-bond acceptors (Lipinski definition) is 5. The number of aryl methyl sites for hydroxylation is 1. The largest absolute Gasteiger partial charge is 0.484 e. The third-order valence-corrected chi connectivity index (χ3v) is 3.29. The highest BCUT2D eigenvalue weighted by molar-refractivity contribution is 9.10. The summed E-state index contributed by atoms with van der Waals surface area (Å²) in [6, 6.07) is 5.87. The van der Waals surface area contributed by atoms with Crippen LogP contribution < -0.4 is 10.1 Å². The first-order valence-electron chi connectivity index (χ1n) is 6.10. The van der Waals surface area contributed by atoms with Gasteiger partial charge < -0.3 is 14.6 Å². The van der Waals surface area contributed by atoms with Crippen LogP contribution in [0.15, 0.2) is 27.2 Å². The highest BCUT2D eigenvalue weighted by Gasteiger charge is 2.06. The zero-order chi connectivity index (χ0) is 13.7.